The number of nitrogens with zero attached hydrogens (tertiary/aromatic N) is 4. The zero-order chi connectivity index (χ0) is 11.7. The van der Waals surface area contributed by atoms with Gasteiger partial charge in [0.25, 0.3) is 0 Å². The molecule has 0 aliphatic carbocycles. The molecule has 2 aromatic heterocycles. The second kappa shape index (κ2) is 4.00. The number of aromatic nitrogens is 4. The maximum Gasteiger partial charge on any atom is 0.129 e. The van der Waals surface area contributed by atoms with Crippen LogP contribution >= 0.6 is 0 Å². The first-order valence-electron chi connectivity index (χ1n) is 5.31. The summed E-state index contributed by atoms with van der Waals surface area (Å²) in [4.78, 5) is 0. The van der Waals surface area contributed by atoms with Gasteiger partial charge in [0.05, 0.1) is 18.4 Å². The summed E-state index contributed by atoms with van der Waals surface area (Å²) in [7, 11) is 3.85. The Labute approximate surface area is 95.1 Å². The van der Waals surface area contributed by atoms with Gasteiger partial charge in [-0.25, -0.2) is 0 Å². The lowest BCUT2D eigenvalue weighted by atomic mass is 10.2. The lowest BCUT2D eigenvalue weighted by Crippen LogP contribution is -2.05. The number of hydrogen-bond donors (Lipinski definition) is 1. The van der Waals surface area contributed by atoms with Crippen LogP contribution < -0.4 is 5.32 Å². The molecule has 0 aliphatic rings. The maximum absolute atomic E-state index is 4.40. The quantitative estimate of drug-likeness (QED) is 0.847. The largest absolute Gasteiger partial charge is 0.373 e. The third-order valence-electron chi connectivity index (χ3n) is 2.67. The molecule has 16 heavy (non-hydrogen) atoms. The third-order valence-corrected chi connectivity index (χ3v) is 2.67. The van der Waals surface area contributed by atoms with E-state index in [9.17, 15) is 0 Å². The van der Waals surface area contributed by atoms with Crippen LogP contribution in [-0.2, 0) is 13.6 Å². The highest BCUT2D eigenvalue weighted by Gasteiger charge is 2.12. The number of aryl methyl sites for hydroxylation is 3. The van der Waals surface area contributed by atoms with Gasteiger partial charge < -0.3 is 5.32 Å². The summed E-state index contributed by atoms with van der Waals surface area (Å²) in [5.74, 6) is 1.05. The predicted octanol–water partition coefficient (Wildman–Crippen LogP) is 1.32. The number of anilines is 1. The Kier molecular flexibility index (Phi) is 2.68. The van der Waals surface area contributed by atoms with E-state index in [1.807, 2.05) is 49.7 Å². The molecule has 2 aromatic rings. The van der Waals surface area contributed by atoms with Crippen LogP contribution in [0, 0.1) is 13.8 Å². The molecular weight excluding hydrogens is 202 g/mol. The Balaban J connectivity index is 2.33. The third kappa shape index (κ3) is 1.80. The highest BCUT2D eigenvalue weighted by Crippen LogP contribution is 2.19. The van der Waals surface area contributed by atoms with Crippen molar-refractivity contribution in [1.29, 1.82) is 0 Å². The van der Waals surface area contributed by atoms with Crippen LogP contribution in [0.5, 0.6) is 0 Å². The van der Waals surface area contributed by atoms with Crippen molar-refractivity contribution in [3.05, 3.63) is 29.2 Å². The SMILES string of the molecule is CNc1c(Cn2cc(C)cn2)c(C)nn1C. The zero-order valence-electron chi connectivity index (χ0n) is 10.2. The van der Waals surface area contributed by atoms with Gasteiger partial charge >= 0.3 is 0 Å². The summed E-state index contributed by atoms with van der Waals surface area (Å²) in [6, 6.07) is 0. The predicted molar refractivity (Wildman–Crippen MR) is 63.6 cm³/mol. The molecule has 5 heteroatoms. The Morgan fingerprint density at radius 3 is 2.69 bits per heavy atom. The minimum atomic E-state index is 0.754. The molecule has 0 saturated heterocycles. The first kappa shape index (κ1) is 10.7. The van der Waals surface area contributed by atoms with Crippen LogP contribution in [0.1, 0.15) is 16.8 Å². The number of nitrogens with one attached hydrogen (secondary N) is 1. The van der Waals surface area contributed by atoms with E-state index in [0.717, 1.165) is 18.1 Å². The molecule has 2 rings (SSSR count). The fourth-order valence-electron chi connectivity index (χ4n) is 1.92. The smallest absolute Gasteiger partial charge is 0.129 e. The Bertz CT molecular complexity index is 494. The lowest BCUT2D eigenvalue weighted by molar-refractivity contribution is 0.684. The molecule has 0 fully saturated rings. The summed E-state index contributed by atoms with van der Waals surface area (Å²) >= 11 is 0. The van der Waals surface area contributed by atoms with E-state index >= 15 is 0 Å². The summed E-state index contributed by atoms with van der Waals surface area (Å²) in [5, 5.41) is 11.9. The molecule has 0 saturated carbocycles. The number of rotatable bonds is 3. The van der Waals surface area contributed by atoms with Gasteiger partial charge in [0.2, 0.25) is 0 Å². The van der Waals surface area contributed by atoms with Gasteiger partial charge in [-0.3, -0.25) is 9.36 Å². The van der Waals surface area contributed by atoms with Crippen LogP contribution in [0.3, 0.4) is 0 Å². The molecule has 0 radical (unpaired) electrons. The second-order valence-electron chi connectivity index (χ2n) is 4.00. The zero-order valence-corrected chi connectivity index (χ0v) is 10.2. The lowest BCUT2D eigenvalue weighted by Gasteiger charge is -2.05. The monoisotopic (exact) mass is 219 g/mol. The fraction of sp³-hybridized carbons (Fsp3) is 0.455. The topological polar surface area (TPSA) is 47.7 Å². The molecule has 1 N–H and O–H groups in total. The molecule has 0 amide bonds. The van der Waals surface area contributed by atoms with E-state index < -0.39 is 0 Å². The summed E-state index contributed by atoms with van der Waals surface area (Å²) in [6.07, 6.45) is 3.90. The van der Waals surface area contributed by atoms with Gasteiger partial charge in [-0.15, -0.1) is 0 Å². The van der Waals surface area contributed by atoms with Crippen LogP contribution in [0.25, 0.3) is 0 Å². The van der Waals surface area contributed by atoms with Crippen molar-refractivity contribution < 1.29 is 0 Å². The maximum atomic E-state index is 4.40. The highest BCUT2D eigenvalue weighted by molar-refractivity contribution is 5.47. The average molecular weight is 219 g/mol. The summed E-state index contributed by atoms with van der Waals surface area (Å²) in [5.41, 5.74) is 3.40. The second-order valence-corrected chi connectivity index (χ2v) is 4.00. The molecule has 2 heterocycles. The van der Waals surface area contributed by atoms with Crippen molar-refractivity contribution in [1.82, 2.24) is 19.6 Å². The minimum Gasteiger partial charge on any atom is -0.373 e. The van der Waals surface area contributed by atoms with Gasteiger partial charge in [0, 0.05) is 25.9 Å². The first-order chi connectivity index (χ1) is 7.61. The minimum absolute atomic E-state index is 0.754. The number of hydrogen-bond acceptors (Lipinski definition) is 3. The molecule has 0 aliphatic heterocycles. The normalized spacial score (nSPS) is 10.8. The van der Waals surface area contributed by atoms with Gasteiger partial charge in [0.1, 0.15) is 5.82 Å². The standard InChI is InChI=1S/C11H17N5/c1-8-5-13-16(6-8)7-10-9(2)14-15(4)11(10)12-3/h5-6,12H,7H2,1-4H3. The van der Waals surface area contributed by atoms with Gasteiger partial charge in [0.15, 0.2) is 0 Å². The van der Waals surface area contributed by atoms with E-state index in [0.29, 0.717) is 0 Å². The van der Waals surface area contributed by atoms with E-state index in [2.05, 4.69) is 15.5 Å². The van der Waals surface area contributed by atoms with Crippen molar-refractivity contribution in [2.24, 2.45) is 7.05 Å². The molecule has 0 aromatic carbocycles. The van der Waals surface area contributed by atoms with Crippen molar-refractivity contribution >= 4 is 5.82 Å². The van der Waals surface area contributed by atoms with Gasteiger partial charge in [-0.2, -0.15) is 10.2 Å². The van der Waals surface area contributed by atoms with E-state index in [1.54, 1.807) is 0 Å². The van der Waals surface area contributed by atoms with Crippen LogP contribution in [0.15, 0.2) is 12.4 Å². The fourth-order valence-corrected chi connectivity index (χ4v) is 1.92. The molecule has 0 atom stereocenters. The van der Waals surface area contributed by atoms with Crippen molar-refractivity contribution in [2.75, 3.05) is 12.4 Å². The van der Waals surface area contributed by atoms with E-state index in [-0.39, 0.29) is 0 Å². The Morgan fingerprint density at radius 1 is 1.38 bits per heavy atom. The van der Waals surface area contributed by atoms with Gasteiger partial charge in [-0.1, -0.05) is 0 Å². The molecule has 0 spiro atoms. The molecule has 5 nitrogen and oxygen atoms in total. The molecule has 86 valence electrons. The Hall–Kier alpha value is -1.78. The van der Waals surface area contributed by atoms with Crippen molar-refractivity contribution in [3.8, 4) is 0 Å². The van der Waals surface area contributed by atoms with E-state index in [1.165, 1.54) is 11.1 Å². The highest BCUT2D eigenvalue weighted by atomic mass is 15.3. The van der Waals surface area contributed by atoms with Crippen molar-refractivity contribution in [2.45, 2.75) is 20.4 Å². The summed E-state index contributed by atoms with van der Waals surface area (Å²) < 4.78 is 3.79. The summed E-state index contributed by atoms with van der Waals surface area (Å²) in [6.45, 7) is 4.81. The molecular formula is C11H17N5. The average Bonchev–Trinajstić information content (AvgIpc) is 2.73. The van der Waals surface area contributed by atoms with Crippen LogP contribution in [-0.4, -0.2) is 26.6 Å². The molecule has 0 unspecified atom stereocenters. The van der Waals surface area contributed by atoms with E-state index in [4.69, 9.17) is 0 Å². The van der Waals surface area contributed by atoms with Gasteiger partial charge in [-0.05, 0) is 19.4 Å². The van der Waals surface area contributed by atoms with Crippen LogP contribution in [0.2, 0.25) is 0 Å². The van der Waals surface area contributed by atoms with Crippen LogP contribution in [0.4, 0.5) is 5.82 Å². The molecule has 0 bridgehead atoms. The first-order valence-corrected chi connectivity index (χ1v) is 5.31. The van der Waals surface area contributed by atoms with Crippen molar-refractivity contribution in [3.63, 3.8) is 0 Å². The Morgan fingerprint density at radius 2 is 2.12 bits per heavy atom.